The van der Waals surface area contributed by atoms with Crippen LogP contribution in [0.5, 0.6) is 0 Å². The van der Waals surface area contributed by atoms with Gasteiger partial charge in [0, 0.05) is 5.56 Å². The quantitative estimate of drug-likeness (QED) is 0.770. The van der Waals surface area contributed by atoms with E-state index < -0.39 is 29.6 Å². The summed E-state index contributed by atoms with van der Waals surface area (Å²) in [5.41, 5.74) is 5.13. The zero-order chi connectivity index (χ0) is 20.8. The zero-order valence-electron chi connectivity index (χ0n) is 16.8. The highest BCUT2D eigenvalue weighted by Crippen LogP contribution is 2.27. The molecule has 0 spiro atoms. The number of amides is 2. The number of hydrogen-bond acceptors (Lipinski definition) is 7. The highest BCUT2D eigenvalue weighted by molar-refractivity contribution is 5.88. The van der Waals surface area contributed by atoms with Crippen molar-refractivity contribution in [3.63, 3.8) is 0 Å². The van der Waals surface area contributed by atoms with Crippen molar-refractivity contribution in [1.82, 2.24) is 4.90 Å². The lowest BCUT2D eigenvalue weighted by atomic mass is 10.1. The van der Waals surface area contributed by atoms with Crippen LogP contribution in [-0.2, 0) is 15.9 Å². The molecule has 2 N–H and O–H groups in total. The number of hydrogen-bond donors (Lipinski definition) is 1. The summed E-state index contributed by atoms with van der Waals surface area (Å²) in [6.45, 7) is 10.4. The van der Waals surface area contributed by atoms with Gasteiger partial charge in [0.25, 0.3) is 0 Å². The molecule has 0 bridgehead atoms. The largest absolute Gasteiger partial charge is 0.443 e. The van der Waals surface area contributed by atoms with E-state index in [1.165, 1.54) is 0 Å². The molecule has 1 rings (SSSR count). The van der Waals surface area contributed by atoms with Crippen molar-refractivity contribution in [2.75, 3.05) is 6.54 Å². The molecule has 8 nitrogen and oxygen atoms in total. The molecule has 0 aromatic heterocycles. The van der Waals surface area contributed by atoms with Gasteiger partial charge in [-0.15, -0.1) is 4.91 Å². The maximum atomic E-state index is 12.6. The smallest absolute Gasteiger partial charge is 0.422 e. The second-order valence-corrected chi connectivity index (χ2v) is 8.09. The number of carbonyl (C=O) groups is 2. The standard InChI is InChI=1S/C19H29N3O5/c1-18(2,3)26-16(23)22(17(24)27-19(4,5)6)15(21-25)14-9-7-13(8-10-14)11-12-20/h7-10,15H,11-12,20H2,1-6H3. The number of rotatable bonds is 5. The normalized spacial score (nSPS) is 12.9. The first-order chi connectivity index (χ1) is 12.4. The molecule has 0 saturated heterocycles. The third kappa shape index (κ3) is 7.34. The number of nitrogens with two attached hydrogens (primary N) is 1. The average Bonchev–Trinajstić information content (AvgIpc) is 2.50. The van der Waals surface area contributed by atoms with Gasteiger partial charge in [-0.05, 0) is 65.2 Å². The summed E-state index contributed by atoms with van der Waals surface area (Å²) in [4.78, 5) is 37.4. The first-order valence-electron chi connectivity index (χ1n) is 8.74. The van der Waals surface area contributed by atoms with Crippen LogP contribution in [0.4, 0.5) is 9.59 Å². The molecule has 0 aliphatic rings. The Labute approximate surface area is 160 Å². The molecular weight excluding hydrogens is 350 g/mol. The van der Waals surface area contributed by atoms with Gasteiger partial charge in [0.1, 0.15) is 11.2 Å². The fourth-order valence-corrected chi connectivity index (χ4v) is 2.18. The average molecular weight is 379 g/mol. The number of nitrogens with zero attached hydrogens (tertiary/aromatic N) is 2. The summed E-state index contributed by atoms with van der Waals surface area (Å²) in [6.07, 6.45) is -2.76. The molecule has 1 atom stereocenters. The van der Waals surface area contributed by atoms with E-state index >= 15 is 0 Å². The van der Waals surface area contributed by atoms with Crippen molar-refractivity contribution in [3.8, 4) is 0 Å². The van der Waals surface area contributed by atoms with E-state index in [1.807, 2.05) is 0 Å². The number of nitroso groups, excluding NO2 is 1. The molecule has 0 radical (unpaired) electrons. The molecule has 27 heavy (non-hydrogen) atoms. The van der Waals surface area contributed by atoms with E-state index in [9.17, 15) is 14.5 Å². The predicted octanol–water partition coefficient (Wildman–Crippen LogP) is 4.13. The Kier molecular flexibility index (Phi) is 7.47. The molecule has 0 aliphatic carbocycles. The second-order valence-electron chi connectivity index (χ2n) is 8.09. The van der Waals surface area contributed by atoms with Crippen molar-refractivity contribution >= 4 is 12.2 Å². The fourth-order valence-electron chi connectivity index (χ4n) is 2.18. The number of ether oxygens (including phenoxy) is 2. The minimum absolute atomic E-state index is 0.363. The van der Waals surface area contributed by atoms with E-state index in [4.69, 9.17) is 15.2 Å². The molecule has 1 unspecified atom stereocenters. The summed E-state index contributed by atoms with van der Waals surface area (Å²) >= 11 is 0. The van der Waals surface area contributed by atoms with Gasteiger partial charge >= 0.3 is 12.2 Å². The third-order valence-electron chi connectivity index (χ3n) is 3.24. The van der Waals surface area contributed by atoms with Gasteiger partial charge in [-0.1, -0.05) is 24.3 Å². The summed E-state index contributed by atoms with van der Waals surface area (Å²) in [6, 6.07) is 6.78. The summed E-state index contributed by atoms with van der Waals surface area (Å²) in [5.74, 6) is 0. The maximum absolute atomic E-state index is 12.6. The Balaban J connectivity index is 3.25. The van der Waals surface area contributed by atoms with Crippen molar-refractivity contribution in [1.29, 1.82) is 0 Å². The maximum Gasteiger partial charge on any atom is 0.422 e. The SMILES string of the molecule is CC(C)(C)OC(=O)N(C(=O)OC(C)(C)C)C(N=O)c1ccc(CCN)cc1. The molecule has 1 aromatic rings. The monoisotopic (exact) mass is 379 g/mol. The van der Waals surface area contributed by atoms with Crippen molar-refractivity contribution < 1.29 is 19.1 Å². The fraction of sp³-hybridized carbons (Fsp3) is 0.579. The molecular formula is C19H29N3O5. The minimum atomic E-state index is -1.42. The van der Waals surface area contributed by atoms with Crippen LogP contribution in [0.1, 0.15) is 58.8 Å². The van der Waals surface area contributed by atoms with E-state index in [1.54, 1.807) is 65.8 Å². The van der Waals surface area contributed by atoms with E-state index in [0.717, 1.165) is 5.56 Å². The van der Waals surface area contributed by atoms with Crippen LogP contribution < -0.4 is 5.73 Å². The predicted molar refractivity (Wildman–Crippen MR) is 102 cm³/mol. The summed E-state index contributed by atoms with van der Waals surface area (Å²) < 4.78 is 10.5. The lowest BCUT2D eigenvalue weighted by molar-refractivity contribution is -0.00707. The number of carbonyl (C=O) groups excluding carboxylic acids is 2. The highest BCUT2D eigenvalue weighted by atomic mass is 16.6. The first kappa shape index (κ1) is 22.6. The molecule has 0 fully saturated rings. The topological polar surface area (TPSA) is 111 Å². The number of benzene rings is 1. The van der Waals surface area contributed by atoms with Crippen LogP contribution in [-0.4, -0.2) is 34.8 Å². The van der Waals surface area contributed by atoms with Crippen molar-refractivity contribution in [2.24, 2.45) is 10.9 Å². The highest BCUT2D eigenvalue weighted by Gasteiger charge is 2.38. The molecule has 0 aliphatic heterocycles. The Bertz CT molecular complexity index is 631. The van der Waals surface area contributed by atoms with Gasteiger partial charge in [-0.2, -0.15) is 4.90 Å². The molecule has 150 valence electrons. The number of imide groups is 1. The molecule has 0 saturated carbocycles. The Morgan fingerprint density at radius 2 is 1.44 bits per heavy atom. The summed E-state index contributed by atoms with van der Waals surface area (Å²) in [7, 11) is 0. The van der Waals surface area contributed by atoms with Crippen LogP contribution in [0.15, 0.2) is 29.4 Å². The Hall–Kier alpha value is -2.48. The molecule has 1 aromatic carbocycles. The van der Waals surface area contributed by atoms with E-state index in [-0.39, 0.29) is 0 Å². The van der Waals surface area contributed by atoms with Crippen molar-refractivity contribution in [2.45, 2.75) is 65.3 Å². The van der Waals surface area contributed by atoms with Crippen LogP contribution in [0.2, 0.25) is 0 Å². The lowest BCUT2D eigenvalue weighted by Gasteiger charge is -2.30. The van der Waals surface area contributed by atoms with Crippen LogP contribution in [0, 0.1) is 4.91 Å². The Morgan fingerprint density at radius 1 is 1.00 bits per heavy atom. The van der Waals surface area contributed by atoms with E-state index in [2.05, 4.69) is 5.18 Å². The van der Waals surface area contributed by atoms with Gasteiger partial charge in [0.15, 0.2) is 0 Å². The van der Waals surface area contributed by atoms with Gasteiger partial charge in [0.2, 0.25) is 6.17 Å². The van der Waals surface area contributed by atoms with Crippen molar-refractivity contribution in [3.05, 3.63) is 40.3 Å². The Morgan fingerprint density at radius 3 is 1.78 bits per heavy atom. The third-order valence-corrected chi connectivity index (χ3v) is 3.24. The molecule has 2 amide bonds. The van der Waals surface area contributed by atoms with Crippen LogP contribution in [0.25, 0.3) is 0 Å². The van der Waals surface area contributed by atoms with Gasteiger partial charge < -0.3 is 15.2 Å². The first-order valence-corrected chi connectivity index (χ1v) is 8.74. The van der Waals surface area contributed by atoms with Gasteiger partial charge in [-0.3, -0.25) is 0 Å². The van der Waals surface area contributed by atoms with Gasteiger partial charge in [0.05, 0.1) is 0 Å². The zero-order valence-corrected chi connectivity index (χ0v) is 16.8. The molecule has 8 heteroatoms. The second kappa shape index (κ2) is 8.94. The lowest BCUT2D eigenvalue weighted by Crippen LogP contribution is -2.45. The van der Waals surface area contributed by atoms with Crippen LogP contribution >= 0.6 is 0 Å². The summed E-state index contributed by atoms with van der Waals surface area (Å²) in [5, 5.41) is 2.99. The van der Waals surface area contributed by atoms with E-state index in [0.29, 0.717) is 23.4 Å². The minimum Gasteiger partial charge on any atom is -0.443 e. The molecule has 0 heterocycles. The van der Waals surface area contributed by atoms with Crippen LogP contribution in [0.3, 0.4) is 0 Å². The van der Waals surface area contributed by atoms with Gasteiger partial charge in [-0.25, -0.2) is 9.59 Å².